The largest absolute Gasteiger partial charge is 0.468 e. The molecule has 0 aromatic rings. The van der Waals surface area contributed by atoms with Crippen LogP contribution in [0.15, 0.2) is 0 Å². The number of rotatable bonds is 2. The van der Waals surface area contributed by atoms with Crippen molar-refractivity contribution in [3.05, 3.63) is 0 Å². The minimum absolute atomic E-state index is 0.153. The van der Waals surface area contributed by atoms with Crippen molar-refractivity contribution in [3.8, 4) is 0 Å². The third-order valence-corrected chi connectivity index (χ3v) is 2.85. The predicted octanol–water partition coefficient (Wildman–Crippen LogP) is -0.501. The maximum atomic E-state index is 11.1. The minimum Gasteiger partial charge on any atom is -0.468 e. The zero-order valence-corrected chi connectivity index (χ0v) is 7.88. The monoisotopic (exact) mass is 184 g/mol. The van der Waals surface area contributed by atoms with Crippen molar-refractivity contribution in [1.82, 2.24) is 10.6 Å². The summed E-state index contributed by atoms with van der Waals surface area (Å²) in [6.07, 6.45) is 2.67. The van der Waals surface area contributed by atoms with Gasteiger partial charge in [-0.3, -0.25) is 4.79 Å². The number of hydrogen-bond acceptors (Lipinski definition) is 4. The van der Waals surface area contributed by atoms with Gasteiger partial charge in [-0.05, 0) is 18.8 Å². The van der Waals surface area contributed by atoms with Gasteiger partial charge in [0.15, 0.2) is 0 Å². The molecule has 1 aliphatic heterocycles. The number of hydrogen-bond donors (Lipinski definition) is 2. The molecule has 1 heterocycles. The molecule has 0 radical (unpaired) electrons. The Morgan fingerprint density at radius 1 is 1.31 bits per heavy atom. The smallest absolute Gasteiger partial charge is 0.324 e. The molecular weight excluding hydrogens is 168 g/mol. The van der Waals surface area contributed by atoms with E-state index in [1.807, 2.05) is 0 Å². The Morgan fingerprint density at radius 3 is 2.54 bits per heavy atom. The molecule has 0 aromatic carbocycles. The molecule has 1 saturated carbocycles. The first-order chi connectivity index (χ1) is 6.31. The van der Waals surface area contributed by atoms with Crippen molar-refractivity contribution in [2.24, 2.45) is 5.92 Å². The van der Waals surface area contributed by atoms with Crippen LogP contribution in [0.2, 0.25) is 0 Å². The summed E-state index contributed by atoms with van der Waals surface area (Å²) in [5.74, 6) is 0.674. The van der Waals surface area contributed by atoms with Gasteiger partial charge in [0, 0.05) is 19.1 Å². The third kappa shape index (κ3) is 2.00. The Hall–Kier alpha value is -0.610. The lowest BCUT2D eigenvalue weighted by Gasteiger charge is -2.29. The molecule has 0 spiro atoms. The summed E-state index contributed by atoms with van der Waals surface area (Å²) < 4.78 is 4.66. The maximum Gasteiger partial charge on any atom is 0.324 e. The van der Waals surface area contributed by atoms with Gasteiger partial charge in [0.05, 0.1) is 7.11 Å². The van der Waals surface area contributed by atoms with Crippen LogP contribution in [0.4, 0.5) is 0 Å². The molecule has 0 bridgehead atoms. The molecule has 0 aromatic heterocycles. The number of methoxy groups -OCH3 is 1. The predicted molar refractivity (Wildman–Crippen MR) is 48.3 cm³/mol. The van der Waals surface area contributed by atoms with E-state index >= 15 is 0 Å². The highest BCUT2D eigenvalue weighted by Gasteiger charge is 2.35. The van der Waals surface area contributed by atoms with Crippen molar-refractivity contribution in [3.63, 3.8) is 0 Å². The van der Waals surface area contributed by atoms with E-state index in [1.165, 1.54) is 20.0 Å². The zero-order chi connectivity index (χ0) is 9.26. The van der Waals surface area contributed by atoms with Gasteiger partial charge < -0.3 is 15.4 Å². The average Bonchev–Trinajstić information content (AvgIpc) is 3.00. The molecule has 1 saturated heterocycles. The minimum atomic E-state index is -0.165. The van der Waals surface area contributed by atoms with Gasteiger partial charge >= 0.3 is 5.97 Å². The molecule has 4 nitrogen and oxygen atoms in total. The van der Waals surface area contributed by atoms with Crippen molar-refractivity contribution < 1.29 is 9.53 Å². The van der Waals surface area contributed by atoms with E-state index in [2.05, 4.69) is 15.4 Å². The van der Waals surface area contributed by atoms with Crippen LogP contribution in [0, 0.1) is 5.92 Å². The Balaban J connectivity index is 1.78. The van der Waals surface area contributed by atoms with E-state index in [1.54, 1.807) is 0 Å². The number of ether oxygens (including phenoxy) is 1. The molecule has 2 aliphatic rings. The quantitative estimate of drug-likeness (QED) is 0.568. The highest BCUT2D eigenvalue weighted by molar-refractivity contribution is 5.76. The van der Waals surface area contributed by atoms with Gasteiger partial charge in [0.1, 0.15) is 6.04 Å². The number of carbonyl (C=O) groups excluding carboxylic acids is 1. The average molecular weight is 184 g/mol. The van der Waals surface area contributed by atoms with Crippen LogP contribution in [-0.4, -0.2) is 38.3 Å². The van der Waals surface area contributed by atoms with Crippen LogP contribution in [0.25, 0.3) is 0 Å². The number of piperazine rings is 1. The summed E-state index contributed by atoms with van der Waals surface area (Å²) in [7, 11) is 1.43. The van der Waals surface area contributed by atoms with Gasteiger partial charge in [0.25, 0.3) is 0 Å². The van der Waals surface area contributed by atoms with Crippen LogP contribution in [-0.2, 0) is 9.53 Å². The molecule has 2 fully saturated rings. The summed E-state index contributed by atoms with van der Waals surface area (Å²) in [5, 5.41) is 6.59. The van der Waals surface area contributed by atoms with Gasteiger partial charge in [-0.2, -0.15) is 0 Å². The fourth-order valence-electron chi connectivity index (χ4n) is 1.82. The van der Waals surface area contributed by atoms with Gasteiger partial charge in [-0.25, -0.2) is 0 Å². The molecule has 1 aliphatic carbocycles. The molecule has 0 amide bonds. The van der Waals surface area contributed by atoms with Crippen LogP contribution < -0.4 is 10.6 Å². The zero-order valence-electron chi connectivity index (χ0n) is 7.88. The van der Waals surface area contributed by atoms with Crippen LogP contribution in [0.5, 0.6) is 0 Å². The molecule has 2 N–H and O–H groups in total. The van der Waals surface area contributed by atoms with Crippen molar-refractivity contribution in [1.29, 1.82) is 0 Å². The van der Waals surface area contributed by atoms with E-state index in [-0.39, 0.29) is 12.0 Å². The Labute approximate surface area is 78.0 Å². The second-order valence-corrected chi connectivity index (χ2v) is 3.84. The maximum absolute atomic E-state index is 11.1. The molecule has 4 heteroatoms. The molecule has 13 heavy (non-hydrogen) atoms. The number of esters is 1. The first kappa shape index (κ1) is 8.97. The standard InChI is InChI=1S/C9H16N2O2/c1-13-9(12)8-5-10-7(4-11-8)6-2-3-6/h6-8,10-11H,2-5H2,1H3/t7?,8-/m0/s1. The summed E-state index contributed by atoms with van der Waals surface area (Å²) in [6.45, 7) is 1.60. The van der Waals surface area contributed by atoms with Crippen LogP contribution in [0.1, 0.15) is 12.8 Å². The van der Waals surface area contributed by atoms with Gasteiger partial charge in [-0.15, -0.1) is 0 Å². The molecule has 2 rings (SSSR count). The number of nitrogens with one attached hydrogen (secondary N) is 2. The fourth-order valence-corrected chi connectivity index (χ4v) is 1.82. The van der Waals surface area contributed by atoms with Crippen LogP contribution in [0.3, 0.4) is 0 Å². The SMILES string of the molecule is COC(=O)[C@@H]1CNC(C2CC2)CN1. The van der Waals surface area contributed by atoms with E-state index in [0.717, 1.165) is 12.5 Å². The van der Waals surface area contributed by atoms with Crippen molar-refractivity contribution in [2.75, 3.05) is 20.2 Å². The highest BCUT2D eigenvalue weighted by atomic mass is 16.5. The fraction of sp³-hybridized carbons (Fsp3) is 0.889. The Morgan fingerprint density at radius 2 is 2.08 bits per heavy atom. The summed E-state index contributed by atoms with van der Waals surface area (Å²) in [5.41, 5.74) is 0. The number of carbonyl (C=O) groups is 1. The molecule has 74 valence electrons. The topological polar surface area (TPSA) is 50.4 Å². The lowest BCUT2D eigenvalue weighted by molar-refractivity contribution is -0.143. The molecule has 1 unspecified atom stereocenters. The molecular formula is C9H16N2O2. The van der Waals surface area contributed by atoms with Crippen LogP contribution >= 0.6 is 0 Å². The summed E-state index contributed by atoms with van der Waals surface area (Å²) in [4.78, 5) is 11.1. The summed E-state index contributed by atoms with van der Waals surface area (Å²) >= 11 is 0. The summed E-state index contributed by atoms with van der Waals surface area (Å²) in [6, 6.07) is 0.418. The van der Waals surface area contributed by atoms with E-state index in [0.29, 0.717) is 12.6 Å². The lowest BCUT2D eigenvalue weighted by Crippen LogP contribution is -2.58. The van der Waals surface area contributed by atoms with Crippen molar-refractivity contribution >= 4 is 5.97 Å². The Kier molecular flexibility index (Phi) is 2.51. The normalized spacial score (nSPS) is 34.2. The second kappa shape index (κ2) is 3.64. The highest BCUT2D eigenvalue weighted by Crippen LogP contribution is 2.32. The van der Waals surface area contributed by atoms with Gasteiger partial charge in [0.2, 0.25) is 0 Å². The Bertz CT molecular complexity index is 196. The lowest BCUT2D eigenvalue weighted by atomic mass is 10.1. The second-order valence-electron chi connectivity index (χ2n) is 3.84. The van der Waals surface area contributed by atoms with Gasteiger partial charge in [-0.1, -0.05) is 0 Å². The van der Waals surface area contributed by atoms with E-state index in [4.69, 9.17) is 0 Å². The van der Waals surface area contributed by atoms with Crippen molar-refractivity contribution in [2.45, 2.75) is 24.9 Å². The first-order valence-electron chi connectivity index (χ1n) is 4.86. The van der Waals surface area contributed by atoms with E-state index < -0.39 is 0 Å². The first-order valence-corrected chi connectivity index (χ1v) is 4.86. The van der Waals surface area contributed by atoms with E-state index in [9.17, 15) is 4.79 Å². The third-order valence-electron chi connectivity index (χ3n) is 2.85. The molecule has 2 atom stereocenters.